The minimum absolute atomic E-state index is 0.221. The van der Waals surface area contributed by atoms with Crippen LogP contribution in [0.2, 0.25) is 5.02 Å². The summed E-state index contributed by atoms with van der Waals surface area (Å²) >= 11 is 6.25. The molecular weight excluding hydrogens is 394 g/mol. The number of H-pyrrole nitrogens is 1. The number of methoxy groups -OCH3 is 1. The van der Waals surface area contributed by atoms with Crippen molar-refractivity contribution in [1.29, 1.82) is 0 Å². The molecule has 2 heterocycles. The van der Waals surface area contributed by atoms with Crippen molar-refractivity contribution in [3.8, 4) is 28.5 Å². The predicted octanol–water partition coefficient (Wildman–Crippen LogP) is 3.48. The summed E-state index contributed by atoms with van der Waals surface area (Å²) in [5.41, 5.74) is 2.95. The Morgan fingerprint density at radius 3 is 2.79 bits per heavy atom. The Morgan fingerprint density at radius 1 is 1.21 bits per heavy atom. The number of amides is 1. The predicted molar refractivity (Wildman–Crippen MR) is 109 cm³/mol. The SMILES string of the molecule is COc1ccc(-c2cc(C(=O)NCCc3cc(Cl)c4c(c3)OCCO4)[nH]n2)cc1. The number of fused-ring (bicyclic) bond motifs is 1. The zero-order chi connectivity index (χ0) is 20.2. The number of rotatable bonds is 6. The van der Waals surface area contributed by atoms with Crippen LogP contribution in [0.1, 0.15) is 16.1 Å². The molecule has 7 nitrogen and oxygen atoms in total. The highest BCUT2D eigenvalue weighted by molar-refractivity contribution is 6.32. The van der Waals surface area contributed by atoms with Crippen molar-refractivity contribution < 1.29 is 19.0 Å². The van der Waals surface area contributed by atoms with Gasteiger partial charge in [0.2, 0.25) is 0 Å². The Kier molecular flexibility index (Phi) is 5.57. The molecule has 1 aromatic heterocycles. The van der Waals surface area contributed by atoms with Gasteiger partial charge in [0.1, 0.15) is 24.7 Å². The van der Waals surface area contributed by atoms with E-state index in [0.29, 0.717) is 54.1 Å². The zero-order valence-corrected chi connectivity index (χ0v) is 16.6. The molecule has 4 rings (SSSR count). The third-order valence-corrected chi connectivity index (χ3v) is 4.84. The molecule has 0 saturated heterocycles. The summed E-state index contributed by atoms with van der Waals surface area (Å²) in [5.74, 6) is 1.76. The Bertz CT molecular complexity index is 1020. The van der Waals surface area contributed by atoms with Gasteiger partial charge in [0.05, 0.1) is 17.8 Å². The van der Waals surface area contributed by atoms with E-state index in [1.807, 2.05) is 36.4 Å². The fourth-order valence-electron chi connectivity index (χ4n) is 3.07. The monoisotopic (exact) mass is 413 g/mol. The first kappa shape index (κ1) is 19.1. The summed E-state index contributed by atoms with van der Waals surface area (Å²) in [7, 11) is 1.62. The molecule has 0 aliphatic carbocycles. The molecule has 0 atom stereocenters. The van der Waals surface area contributed by atoms with Crippen molar-refractivity contribution in [3.05, 3.63) is 58.7 Å². The molecule has 1 aliphatic heterocycles. The van der Waals surface area contributed by atoms with Gasteiger partial charge in [-0.15, -0.1) is 0 Å². The molecule has 1 aliphatic rings. The van der Waals surface area contributed by atoms with Gasteiger partial charge in [-0.1, -0.05) is 11.6 Å². The quantitative estimate of drug-likeness (QED) is 0.646. The maximum Gasteiger partial charge on any atom is 0.269 e. The molecule has 0 fully saturated rings. The first-order valence-electron chi connectivity index (χ1n) is 9.20. The third-order valence-electron chi connectivity index (χ3n) is 4.56. The molecule has 0 bridgehead atoms. The van der Waals surface area contributed by atoms with Gasteiger partial charge in [0, 0.05) is 12.1 Å². The average Bonchev–Trinajstić information content (AvgIpc) is 3.24. The van der Waals surface area contributed by atoms with Crippen LogP contribution in [0.5, 0.6) is 17.2 Å². The zero-order valence-electron chi connectivity index (χ0n) is 15.8. The van der Waals surface area contributed by atoms with Crippen molar-refractivity contribution in [1.82, 2.24) is 15.5 Å². The Morgan fingerprint density at radius 2 is 2.00 bits per heavy atom. The molecule has 1 amide bonds. The normalized spacial score (nSPS) is 12.5. The van der Waals surface area contributed by atoms with Crippen LogP contribution in [0.3, 0.4) is 0 Å². The van der Waals surface area contributed by atoms with Gasteiger partial charge >= 0.3 is 0 Å². The van der Waals surface area contributed by atoms with E-state index >= 15 is 0 Å². The molecule has 29 heavy (non-hydrogen) atoms. The van der Waals surface area contributed by atoms with Gasteiger partial charge in [0.15, 0.2) is 11.5 Å². The first-order valence-corrected chi connectivity index (χ1v) is 9.58. The number of aromatic nitrogens is 2. The van der Waals surface area contributed by atoms with Crippen LogP contribution in [0.4, 0.5) is 0 Å². The average molecular weight is 414 g/mol. The van der Waals surface area contributed by atoms with E-state index in [2.05, 4.69) is 15.5 Å². The minimum atomic E-state index is -0.221. The van der Waals surface area contributed by atoms with Gasteiger partial charge < -0.3 is 19.5 Å². The summed E-state index contributed by atoms with van der Waals surface area (Å²) in [6.45, 7) is 1.44. The molecule has 2 aromatic carbocycles. The van der Waals surface area contributed by atoms with Crippen LogP contribution in [-0.4, -0.2) is 43.0 Å². The third kappa shape index (κ3) is 4.30. The highest BCUT2D eigenvalue weighted by atomic mass is 35.5. The minimum Gasteiger partial charge on any atom is -0.497 e. The van der Waals surface area contributed by atoms with Crippen LogP contribution in [0.25, 0.3) is 11.3 Å². The van der Waals surface area contributed by atoms with E-state index in [1.54, 1.807) is 13.2 Å². The van der Waals surface area contributed by atoms with Gasteiger partial charge in [0.25, 0.3) is 5.91 Å². The molecule has 0 radical (unpaired) electrons. The molecular formula is C21H20ClN3O4. The summed E-state index contributed by atoms with van der Waals surface area (Å²) in [4.78, 5) is 12.4. The number of ether oxygens (including phenoxy) is 3. The Balaban J connectivity index is 1.35. The lowest BCUT2D eigenvalue weighted by Gasteiger charge is -2.20. The highest BCUT2D eigenvalue weighted by Gasteiger charge is 2.17. The number of nitrogens with one attached hydrogen (secondary N) is 2. The van der Waals surface area contributed by atoms with Crippen molar-refractivity contribution in [3.63, 3.8) is 0 Å². The van der Waals surface area contributed by atoms with E-state index in [0.717, 1.165) is 16.9 Å². The van der Waals surface area contributed by atoms with E-state index in [1.165, 1.54) is 0 Å². The second-order valence-corrected chi connectivity index (χ2v) is 6.91. The number of carbonyl (C=O) groups is 1. The number of carbonyl (C=O) groups excluding carboxylic acids is 1. The van der Waals surface area contributed by atoms with Crippen molar-refractivity contribution >= 4 is 17.5 Å². The topological polar surface area (TPSA) is 85.5 Å². The number of benzene rings is 2. The molecule has 2 N–H and O–H groups in total. The molecule has 150 valence electrons. The largest absolute Gasteiger partial charge is 0.497 e. The number of hydrogen-bond acceptors (Lipinski definition) is 5. The van der Waals surface area contributed by atoms with E-state index < -0.39 is 0 Å². The fourth-order valence-corrected chi connectivity index (χ4v) is 3.36. The van der Waals surface area contributed by atoms with Crippen molar-refractivity contribution in [2.24, 2.45) is 0 Å². The van der Waals surface area contributed by atoms with Crippen LogP contribution >= 0.6 is 11.6 Å². The lowest BCUT2D eigenvalue weighted by molar-refractivity contribution is 0.0949. The van der Waals surface area contributed by atoms with Gasteiger partial charge in [-0.25, -0.2) is 0 Å². The summed E-state index contributed by atoms with van der Waals surface area (Å²) in [6, 6.07) is 12.9. The molecule has 3 aromatic rings. The number of hydrogen-bond donors (Lipinski definition) is 2. The van der Waals surface area contributed by atoms with Crippen LogP contribution in [-0.2, 0) is 6.42 Å². The molecule has 0 unspecified atom stereocenters. The Labute approximate surface area is 172 Å². The van der Waals surface area contributed by atoms with Gasteiger partial charge in [-0.2, -0.15) is 5.10 Å². The smallest absolute Gasteiger partial charge is 0.269 e. The van der Waals surface area contributed by atoms with E-state index in [-0.39, 0.29) is 5.91 Å². The van der Waals surface area contributed by atoms with E-state index in [9.17, 15) is 4.79 Å². The fraction of sp³-hybridized carbons (Fsp3) is 0.238. The van der Waals surface area contributed by atoms with Crippen LogP contribution in [0.15, 0.2) is 42.5 Å². The molecule has 8 heteroatoms. The molecule has 0 saturated carbocycles. The number of nitrogens with zero attached hydrogens (tertiary/aromatic N) is 1. The Hall–Kier alpha value is -3.19. The second-order valence-electron chi connectivity index (χ2n) is 6.50. The van der Waals surface area contributed by atoms with Crippen molar-refractivity contribution in [2.75, 3.05) is 26.9 Å². The number of aromatic amines is 1. The highest BCUT2D eigenvalue weighted by Crippen LogP contribution is 2.38. The maximum atomic E-state index is 12.4. The first-order chi connectivity index (χ1) is 14.1. The van der Waals surface area contributed by atoms with Crippen LogP contribution in [0, 0.1) is 0 Å². The standard InChI is InChI=1S/C21H20ClN3O4/c1-27-15-4-2-14(3-5-15)17-12-18(25-24-17)21(26)23-7-6-13-10-16(22)20-19(11-13)28-8-9-29-20/h2-5,10-12H,6-9H2,1H3,(H,23,26)(H,24,25). The molecule has 0 spiro atoms. The summed E-state index contributed by atoms with van der Waals surface area (Å²) in [5, 5.41) is 10.4. The summed E-state index contributed by atoms with van der Waals surface area (Å²) < 4.78 is 16.3. The lowest BCUT2D eigenvalue weighted by Crippen LogP contribution is -2.26. The van der Waals surface area contributed by atoms with Crippen molar-refractivity contribution in [2.45, 2.75) is 6.42 Å². The van der Waals surface area contributed by atoms with Crippen LogP contribution < -0.4 is 19.5 Å². The second kappa shape index (κ2) is 8.45. The number of halogens is 1. The van der Waals surface area contributed by atoms with E-state index in [4.69, 9.17) is 25.8 Å². The summed E-state index contributed by atoms with van der Waals surface area (Å²) in [6.07, 6.45) is 0.613. The maximum absolute atomic E-state index is 12.4. The lowest BCUT2D eigenvalue weighted by atomic mass is 10.1. The van der Waals surface area contributed by atoms with Gasteiger partial charge in [-0.3, -0.25) is 9.89 Å². The van der Waals surface area contributed by atoms with Gasteiger partial charge in [-0.05, 0) is 54.4 Å².